The van der Waals surface area contributed by atoms with Crippen molar-refractivity contribution < 1.29 is 4.42 Å². The maximum atomic E-state index is 6.04. The van der Waals surface area contributed by atoms with Crippen molar-refractivity contribution in [1.82, 2.24) is 15.2 Å². The summed E-state index contributed by atoms with van der Waals surface area (Å²) >= 11 is 6.04. The zero-order valence-electron chi connectivity index (χ0n) is 10.9. The van der Waals surface area contributed by atoms with Gasteiger partial charge in [0.05, 0.1) is 12.7 Å². The van der Waals surface area contributed by atoms with Crippen molar-refractivity contribution in [2.24, 2.45) is 0 Å². The van der Waals surface area contributed by atoms with Crippen molar-refractivity contribution in [2.45, 2.75) is 19.9 Å². The van der Waals surface area contributed by atoms with E-state index in [0.29, 0.717) is 23.4 Å². The monoisotopic (exact) mass is 288 g/mol. The molecule has 5 nitrogen and oxygen atoms in total. The smallest absolute Gasteiger partial charge is 0.213 e. The molecule has 0 bridgehead atoms. The van der Waals surface area contributed by atoms with Gasteiger partial charge in [-0.1, -0.05) is 42.8 Å². The highest BCUT2D eigenvalue weighted by molar-refractivity contribution is 6.34. The van der Waals surface area contributed by atoms with Gasteiger partial charge < -0.3 is 9.73 Å². The first-order valence-corrected chi connectivity index (χ1v) is 6.74. The molecule has 3 aromatic rings. The molecular formula is C14H13ClN4O. The summed E-state index contributed by atoms with van der Waals surface area (Å²) in [4.78, 5) is 4.20. The SMILES string of the molecule is CCc1cnc(CNc2nnc(Cl)c3ccccc23)o1. The Kier molecular flexibility index (Phi) is 3.52. The summed E-state index contributed by atoms with van der Waals surface area (Å²) in [5.74, 6) is 2.16. The van der Waals surface area contributed by atoms with Gasteiger partial charge in [-0.3, -0.25) is 0 Å². The summed E-state index contributed by atoms with van der Waals surface area (Å²) in [6.07, 6.45) is 2.57. The number of fused-ring (bicyclic) bond motifs is 1. The van der Waals surface area contributed by atoms with Gasteiger partial charge >= 0.3 is 0 Å². The van der Waals surface area contributed by atoms with Gasteiger partial charge in [-0.25, -0.2) is 4.98 Å². The Morgan fingerprint density at radius 1 is 1.20 bits per heavy atom. The first-order chi connectivity index (χ1) is 9.78. The predicted molar refractivity (Wildman–Crippen MR) is 77.8 cm³/mol. The van der Waals surface area contributed by atoms with Gasteiger partial charge in [0.25, 0.3) is 0 Å². The summed E-state index contributed by atoms with van der Waals surface area (Å²) < 4.78 is 5.54. The van der Waals surface area contributed by atoms with Crippen LogP contribution in [0.15, 0.2) is 34.9 Å². The largest absolute Gasteiger partial charge is 0.444 e. The lowest BCUT2D eigenvalue weighted by atomic mass is 10.2. The second-order valence-electron chi connectivity index (χ2n) is 4.31. The number of oxazole rings is 1. The van der Waals surface area contributed by atoms with Crippen molar-refractivity contribution in [2.75, 3.05) is 5.32 Å². The molecule has 6 heteroatoms. The van der Waals surface area contributed by atoms with Crippen LogP contribution >= 0.6 is 11.6 Å². The quantitative estimate of drug-likeness (QED) is 0.796. The van der Waals surface area contributed by atoms with Crippen LogP contribution in [0.5, 0.6) is 0 Å². The molecule has 1 aromatic carbocycles. The summed E-state index contributed by atoms with van der Waals surface area (Å²) in [7, 11) is 0. The van der Waals surface area contributed by atoms with Crippen molar-refractivity contribution in [1.29, 1.82) is 0 Å². The first-order valence-electron chi connectivity index (χ1n) is 6.36. The van der Waals surface area contributed by atoms with E-state index in [1.807, 2.05) is 31.2 Å². The second-order valence-corrected chi connectivity index (χ2v) is 4.67. The molecule has 0 unspecified atom stereocenters. The van der Waals surface area contributed by atoms with E-state index in [9.17, 15) is 0 Å². The van der Waals surface area contributed by atoms with E-state index in [0.717, 1.165) is 23.0 Å². The molecule has 0 spiro atoms. The van der Waals surface area contributed by atoms with E-state index >= 15 is 0 Å². The molecule has 0 atom stereocenters. The molecule has 0 fully saturated rings. The fraction of sp³-hybridized carbons (Fsp3) is 0.214. The van der Waals surface area contributed by atoms with Crippen molar-refractivity contribution in [3.8, 4) is 0 Å². The Morgan fingerprint density at radius 3 is 2.75 bits per heavy atom. The van der Waals surface area contributed by atoms with Gasteiger partial charge in [0, 0.05) is 17.2 Å². The summed E-state index contributed by atoms with van der Waals surface area (Å²) in [5.41, 5.74) is 0. The van der Waals surface area contributed by atoms with E-state index in [1.54, 1.807) is 6.20 Å². The number of aryl methyl sites for hydroxylation is 1. The number of halogens is 1. The average Bonchev–Trinajstić information content (AvgIpc) is 2.95. The lowest BCUT2D eigenvalue weighted by Gasteiger charge is -2.06. The Labute approximate surface area is 121 Å². The van der Waals surface area contributed by atoms with E-state index in [1.165, 1.54) is 0 Å². The normalized spacial score (nSPS) is 10.9. The van der Waals surface area contributed by atoms with Gasteiger partial charge in [-0.05, 0) is 0 Å². The maximum absolute atomic E-state index is 6.04. The fourth-order valence-corrected chi connectivity index (χ4v) is 2.16. The standard InChI is InChI=1S/C14H13ClN4O/c1-2-9-7-16-12(20-9)8-17-14-11-6-4-3-5-10(11)13(15)18-19-14/h3-7H,2,8H2,1H3,(H,17,19). The Morgan fingerprint density at radius 2 is 2.00 bits per heavy atom. The van der Waals surface area contributed by atoms with E-state index in [2.05, 4.69) is 20.5 Å². The molecule has 0 amide bonds. The molecule has 20 heavy (non-hydrogen) atoms. The van der Waals surface area contributed by atoms with Gasteiger partial charge in [0.1, 0.15) is 5.76 Å². The van der Waals surface area contributed by atoms with Crippen molar-refractivity contribution >= 4 is 28.2 Å². The number of rotatable bonds is 4. The third kappa shape index (κ3) is 2.44. The third-order valence-electron chi connectivity index (χ3n) is 3.00. The number of benzene rings is 1. The predicted octanol–water partition coefficient (Wildman–Crippen LogP) is 3.45. The molecule has 102 valence electrons. The lowest BCUT2D eigenvalue weighted by Crippen LogP contribution is -2.03. The minimum Gasteiger partial charge on any atom is -0.444 e. The zero-order chi connectivity index (χ0) is 13.9. The minimum atomic E-state index is 0.399. The first kappa shape index (κ1) is 12.9. The molecule has 3 rings (SSSR count). The van der Waals surface area contributed by atoms with Crippen LogP contribution in [0.1, 0.15) is 18.6 Å². The van der Waals surface area contributed by atoms with Gasteiger partial charge in [0.2, 0.25) is 5.89 Å². The molecule has 0 aliphatic rings. The number of aromatic nitrogens is 3. The highest BCUT2D eigenvalue weighted by atomic mass is 35.5. The van der Waals surface area contributed by atoms with E-state index in [-0.39, 0.29) is 0 Å². The number of hydrogen-bond donors (Lipinski definition) is 1. The summed E-state index contributed by atoms with van der Waals surface area (Å²) in [6, 6.07) is 7.72. The van der Waals surface area contributed by atoms with Crippen LogP contribution in [0.25, 0.3) is 10.8 Å². The van der Waals surface area contributed by atoms with Crippen LogP contribution in [-0.2, 0) is 13.0 Å². The van der Waals surface area contributed by atoms with E-state index < -0.39 is 0 Å². The summed E-state index contributed by atoms with van der Waals surface area (Å²) in [6.45, 7) is 2.48. The third-order valence-corrected chi connectivity index (χ3v) is 3.28. The fourth-order valence-electron chi connectivity index (χ4n) is 1.95. The van der Waals surface area contributed by atoms with Crippen LogP contribution in [0.4, 0.5) is 5.82 Å². The van der Waals surface area contributed by atoms with Crippen LogP contribution < -0.4 is 5.32 Å². The van der Waals surface area contributed by atoms with Crippen LogP contribution in [0.3, 0.4) is 0 Å². The Hall–Kier alpha value is -2.14. The molecule has 2 heterocycles. The highest BCUT2D eigenvalue weighted by Gasteiger charge is 2.08. The van der Waals surface area contributed by atoms with Gasteiger partial charge in [0.15, 0.2) is 11.0 Å². The molecule has 0 saturated heterocycles. The zero-order valence-corrected chi connectivity index (χ0v) is 11.7. The highest BCUT2D eigenvalue weighted by Crippen LogP contribution is 2.25. The molecular weight excluding hydrogens is 276 g/mol. The Balaban J connectivity index is 1.86. The number of hydrogen-bond acceptors (Lipinski definition) is 5. The van der Waals surface area contributed by atoms with Crippen molar-refractivity contribution in [3.63, 3.8) is 0 Å². The van der Waals surface area contributed by atoms with Gasteiger partial charge in [-0.2, -0.15) is 0 Å². The number of anilines is 1. The molecule has 0 aliphatic heterocycles. The number of nitrogens with zero attached hydrogens (tertiary/aromatic N) is 3. The lowest BCUT2D eigenvalue weighted by molar-refractivity contribution is 0.465. The maximum Gasteiger partial charge on any atom is 0.213 e. The molecule has 2 aromatic heterocycles. The molecule has 0 radical (unpaired) electrons. The molecule has 0 saturated carbocycles. The second kappa shape index (κ2) is 5.46. The Bertz CT molecular complexity index is 741. The van der Waals surface area contributed by atoms with E-state index in [4.69, 9.17) is 16.0 Å². The minimum absolute atomic E-state index is 0.399. The summed E-state index contributed by atoms with van der Waals surface area (Å²) in [5, 5.41) is 13.4. The van der Waals surface area contributed by atoms with Crippen LogP contribution in [0, 0.1) is 0 Å². The van der Waals surface area contributed by atoms with Crippen LogP contribution in [-0.4, -0.2) is 15.2 Å². The average molecular weight is 289 g/mol. The van der Waals surface area contributed by atoms with Crippen molar-refractivity contribution in [3.05, 3.63) is 47.3 Å². The molecule has 1 N–H and O–H groups in total. The van der Waals surface area contributed by atoms with Gasteiger partial charge in [-0.15, -0.1) is 10.2 Å². The van der Waals surface area contributed by atoms with Crippen LogP contribution in [0.2, 0.25) is 5.15 Å². The molecule has 0 aliphatic carbocycles. The topological polar surface area (TPSA) is 63.8 Å². The number of nitrogens with one attached hydrogen (secondary N) is 1.